The van der Waals surface area contributed by atoms with E-state index in [0.717, 1.165) is 0 Å². The van der Waals surface area contributed by atoms with E-state index in [1.54, 1.807) is 19.1 Å². The van der Waals surface area contributed by atoms with Crippen molar-refractivity contribution in [2.24, 2.45) is 0 Å². The Bertz CT molecular complexity index is 326. The van der Waals surface area contributed by atoms with E-state index in [4.69, 9.17) is 11.6 Å². The van der Waals surface area contributed by atoms with Gasteiger partial charge in [-0.25, -0.2) is 0 Å². The van der Waals surface area contributed by atoms with Crippen molar-refractivity contribution in [1.29, 1.82) is 0 Å². The van der Waals surface area contributed by atoms with Crippen LogP contribution < -0.4 is 0 Å². The molecule has 0 bridgehead atoms. The molecule has 13 heavy (non-hydrogen) atoms. The molecule has 0 aliphatic rings. The molecule has 0 saturated carbocycles. The zero-order valence-electron chi connectivity index (χ0n) is 6.97. The number of hydrogen-bond acceptors (Lipinski definition) is 2. The van der Waals surface area contributed by atoms with Crippen LogP contribution in [0.1, 0.15) is 15.9 Å². The number of phenolic OH excluding ortho intramolecular Hbond substituents is 1. The SMILES string of the molecule is Cc1cc(C(=O)CCl)cc(Br)c1O. The minimum Gasteiger partial charge on any atom is -0.506 e. The van der Waals surface area contributed by atoms with Crippen molar-refractivity contribution in [3.63, 3.8) is 0 Å². The first-order valence-electron chi connectivity index (χ1n) is 3.64. The van der Waals surface area contributed by atoms with Crippen LogP contribution in [0.2, 0.25) is 0 Å². The summed E-state index contributed by atoms with van der Waals surface area (Å²) in [6.07, 6.45) is 0. The topological polar surface area (TPSA) is 37.3 Å². The summed E-state index contributed by atoms with van der Waals surface area (Å²) >= 11 is 8.55. The van der Waals surface area contributed by atoms with Crippen molar-refractivity contribution in [3.05, 3.63) is 27.7 Å². The van der Waals surface area contributed by atoms with E-state index in [1.165, 1.54) is 0 Å². The third-order valence-corrected chi connectivity index (χ3v) is 2.54. The molecule has 0 radical (unpaired) electrons. The Hall–Kier alpha value is -0.540. The van der Waals surface area contributed by atoms with Gasteiger partial charge in [0.15, 0.2) is 5.78 Å². The number of hydrogen-bond donors (Lipinski definition) is 1. The highest BCUT2D eigenvalue weighted by molar-refractivity contribution is 9.10. The molecule has 1 aromatic rings. The van der Waals surface area contributed by atoms with Gasteiger partial charge in [-0.15, -0.1) is 11.6 Å². The van der Waals surface area contributed by atoms with Crippen LogP contribution in [-0.2, 0) is 0 Å². The molecule has 1 aromatic carbocycles. The fraction of sp³-hybridized carbons (Fsp3) is 0.222. The van der Waals surface area contributed by atoms with Crippen molar-refractivity contribution >= 4 is 33.3 Å². The number of alkyl halides is 1. The predicted octanol–water partition coefficient (Wildman–Crippen LogP) is 2.88. The summed E-state index contributed by atoms with van der Waals surface area (Å²) in [4.78, 5) is 11.2. The summed E-state index contributed by atoms with van der Waals surface area (Å²) in [6, 6.07) is 3.18. The van der Waals surface area contributed by atoms with Gasteiger partial charge in [0.25, 0.3) is 0 Å². The highest BCUT2D eigenvalue weighted by Crippen LogP contribution is 2.28. The second-order valence-electron chi connectivity index (χ2n) is 2.68. The van der Waals surface area contributed by atoms with E-state index in [2.05, 4.69) is 15.9 Å². The average molecular weight is 264 g/mol. The maximum Gasteiger partial charge on any atom is 0.177 e. The van der Waals surface area contributed by atoms with Gasteiger partial charge in [0.1, 0.15) is 5.75 Å². The van der Waals surface area contributed by atoms with Crippen LogP contribution in [0.25, 0.3) is 0 Å². The zero-order chi connectivity index (χ0) is 10.0. The summed E-state index contributed by atoms with van der Waals surface area (Å²) in [5.74, 6) is -0.0343. The van der Waals surface area contributed by atoms with Crippen LogP contribution in [0, 0.1) is 6.92 Å². The highest BCUT2D eigenvalue weighted by Gasteiger charge is 2.09. The summed E-state index contributed by atoms with van der Waals surface area (Å²) < 4.78 is 0.515. The molecule has 0 aromatic heterocycles. The van der Waals surface area contributed by atoms with Gasteiger partial charge in [-0.05, 0) is 40.5 Å². The number of benzene rings is 1. The van der Waals surface area contributed by atoms with E-state index < -0.39 is 0 Å². The van der Waals surface area contributed by atoms with Crippen molar-refractivity contribution in [2.75, 3.05) is 5.88 Å². The lowest BCUT2D eigenvalue weighted by atomic mass is 10.1. The molecule has 1 N–H and O–H groups in total. The first-order valence-corrected chi connectivity index (χ1v) is 4.97. The maximum absolute atomic E-state index is 11.2. The van der Waals surface area contributed by atoms with Gasteiger partial charge < -0.3 is 5.11 Å². The van der Waals surface area contributed by atoms with Crippen LogP contribution in [0.3, 0.4) is 0 Å². The Kier molecular flexibility index (Phi) is 3.33. The number of halogens is 2. The van der Waals surface area contributed by atoms with Gasteiger partial charge in [0, 0.05) is 5.56 Å². The monoisotopic (exact) mass is 262 g/mol. The number of carbonyl (C=O) groups excluding carboxylic acids is 1. The number of Topliss-reactive ketones (excluding diaryl/α,β-unsaturated/α-hetero) is 1. The molecule has 0 amide bonds. The van der Waals surface area contributed by atoms with Crippen molar-refractivity contribution in [1.82, 2.24) is 0 Å². The smallest absolute Gasteiger partial charge is 0.177 e. The minimum absolute atomic E-state index is 0.0450. The molecule has 0 unspecified atom stereocenters. The molecule has 1 rings (SSSR count). The van der Waals surface area contributed by atoms with E-state index >= 15 is 0 Å². The Labute approximate surface area is 89.7 Å². The number of phenols is 1. The standard InChI is InChI=1S/C9H8BrClO2/c1-5-2-6(8(12)4-11)3-7(10)9(5)13/h2-3,13H,4H2,1H3. The largest absolute Gasteiger partial charge is 0.506 e. The number of carbonyl (C=O) groups is 1. The zero-order valence-corrected chi connectivity index (χ0v) is 9.32. The quantitative estimate of drug-likeness (QED) is 0.658. The molecular formula is C9H8BrClO2. The molecule has 0 saturated heterocycles. The maximum atomic E-state index is 11.2. The van der Waals surface area contributed by atoms with Crippen molar-refractivity contribution in [2.45, 2.75) is 6.92 Å². The first-order chi connectivity index (χ1) is 6.06. The van der Waals surface area contributed by atoms with Crippen LogP contribution in [0.5, 0.6) is 5.75 Å². The Morgan fingerprint density at radius 3 is 2.69 bits per heavy atom. The molecule has 2 nitrogen and oxygen atoms in total. The van der Waals surface area contributed by atoms with E-state index in [-0.39, 0.29) is 17.4 Å². The van der Waals surface area contributed by atoms with Gasteiger partial charge in [-0.1, -0.05) is 0 Å². The van der Waals surface area contributed by atoms with E-state index in [1.807, 2.05) is 0 Å². The fourth-order valence-electron chi connectivity index (χ4n) is 0.975. The lowest BCUT2D eigenvalue weighted by Gasteiger charge is -2.04. The minimum atomic E-state index is -0.148. The van der Waals surface area contributed by atoms with E-state index in [0.29, 0.717) is 15.6 Å². The van der Waals surface area contributed by atoms with Gasteiger partial charge >= 0.3 is 0 Å². The van der Waals surface area contributed by atoms with Crippen LogP contribution in [0.15, 0.2) is 16.6 Å². The highest BCUT2D eigenvalue weighted by atomic mass is 79.9. The summed E-state index contributed by atoms with van der Waals surface area (Å²) in [5, 5.41) is 9.39. The molecule has 0 aliphatic carbocycles. The van der Waals surface area contributed by atoms with Gasteiger partial charge in [0.05, 0.1) is 10.4 Å². The molecule has 0 atom stereocenters. The van der Waals surface area contributed by atoms with Crippen LogP contribution in [-0.4, -0.2) is 16.8 Å². The van der Waals surface area contributed by atoms with Gasteiger partial charge in [-0.3, -0.25) is 4.79 Å². The second-order valence-corrected chi connectivity index (χ2v) is 3.80. The summed E-state index contributed by atoms with van der Waals surface area (Å²) in [7, 11) is 0. The molecule has 0 aliphatic heterocycles. The lowest BCUT2D eigenvalue weighted by molar-refractivity contribution is 0.102. The number of ketones is 1. The second kappa shape index (κ2) is 4.11. The van der Waals surface area contributed by atoms with Crippen LogP contribution in [0.4, 0.5) is 0 Å². The third-order valence-electron chi connectivity index (χ3n) is 1.70. The molecular weight excluding hydrogens is 255 g/mol. The Balaban J connectivity index is 3.20. The van der Waals surface area contributed by atoms with Crippen molar-refractivity contribution in [3.8, 4) is 5.75 Å². The molecule has 70 valence electrons. The fourth-order valence-corrected chi connectivity index (χ4v) is 1.69. The third kappa shape index (κ3) is 2.23. The number of aryl methyl sites for hydroxylation is 1. The molecule has 0 fully saturated rings. The first kappa shape index (κ1) is 10.5. The predicted molar refractivity (Wildman–Crippen MR) is 55.6 cm³/mol. The van der Waals surface area contributed by atoms with Crippen molar-refractivity contribution < 1.29 is 9.90 Å². The number of rotatable bonds is 2. The number of aromatic hydroxyl groups is 1. The van der Waals surface area contributed by atoms with Crippen LogP contribution >= 0.6 is 27.5 Å². The summed E-state index contributed by atoms with van der Waals surface area (Å²) in [6.45, 7) is 1.73. The lowest BCUT2D eigenvalue weighted by Crippen LogP contribution is -2.00. The summed E-state index contributed by atoms with van der Waals surface area (Å²) in [5.41, 5.74) is 1.17. The average Bonchev–Trinajstić information content (AvgIpc) is 2.12. The molecule has 4 heteroatoms. The normalized spacial score (nSPS) is 10.1. The van der Waals surface area contributed by atoms with Gasteiger partial charge in [0.2, 0.25) is 0 Å². The molecule has 0 spiro atoms. The molecule has 0 heterocycles. The Morgan fingerprint density at radius 2 is 2.23 bits per heavy atom. The Morgan fingerprint density at radius 1 is 1.62 bits per heavy atom. The van der Waals surface area contributed by atoms with Gasteiger partial charge in [-0.2, -0.15) is 0 Å². The van der Waals surface area contributed by atoms with E-state index in [9.17, 15) is 9.90 Å².